The first kappa shape index (κ1) is 23.1. The summed E-state index contributed by atoms with van der Waals surface area (Å²) in [6.07, 6.45) is 0. The molecule has 178 valence electrons. The number of halogens is 1. The average molecular weight is 489 g/mol. The summed E-state index contributed by atoms with van der Waals surface area (Å²) < 4.78 is 11.7. The minimum Gasteiger partial charge on any atom is -0.484 e. The van der Waals surface area contributed by atoms with Crippen LogP contribution in [0.4, 0.5) is 0 Å². The van der Waals surface area contributed by atoms with E-state index >= 15 is 0 Å². The van der Waals surface area contributed by atoms with Gasteiger partial charge in [-0.25, -0.2) is 0 Å². The zero-order valence-corrected chi connectivity index (χ0v) is 19.9. The molecule has 1 amide bonds. The van der Waals surface area contributed by atoms with Gasteiger partial charge in [0.05, 0.1) is 5.39 Å². The Morgan fingerprint density at radius 2 is 1.66 bits per heavy atom. The fourth-order valence-electron chi connectivity index (χ4n) is 4.21. The van der Waals surface area contributed by atoms with Crippen molar-refractivity contribution in [2.24, 2.45) is 0 Å². The summed E-state index contributed by atoms with van der Waals surface area (Å²) in [7, 11) is 0. The quantitative estimate of drug-likeness (QED) is 0.389. The van der Waals surface area contributed by atoms with Crippen LogP contribution in [0, 0.1) is 0 Å². The van der Waals surface area contributed by atoms with Gasteiger partial charge < -0.3 is 14.1 Å². The van der Waals surface area contributed by atoms with Crippen molar-refractivity contribution in [3.05, 3.63) is 99.7 Å². The van der Waals surface area contributed by atoms with E-state index in [4.69, 9.17) is 20.8 Å². The predicted molar refractivity (Wildman–Crippen MR) is 137 cm³/mol. The van der Waals surface area contributed by atoms with Gasteiger partial charge in [0.25, 0.3) is 5.91 Å². The largest absolute Gasteiger partial charge is 0.484 e. The predicted octanol–water partition coefficient (Wildman–Crippen LogP) is 4.84. The maximum Gasteiger partial charge on any atom is 0.260 e. The van der Waals surface area contributed by atoms with Crippen LogP contribution in [0.25, 0.3) is 22.3 Å². The maximum absolute atomic E-state index is 12.7. The Labute approximate surface area is 208 Å². The fraction of sp³-hybridized carbons (Fsp3) is 0.214. The van der Waals surface area contributed by atoms with Crippen LogP contribution in [0.2, 0.25) is 5.02 Å². The van der Waals surface area contributed by atoms with Gasteiger partial charge in [-0.1, -0.05) is 54.1 Å². The van der Waals surface area contributed by atoms with Crippen molar-refractivity contribution in [2.75, 3.05) is 32.8 Å². The van der Waals surface area contributed by atoms with Gasteiger partial charge in [-0.2, -0.15) is 0 Å². The van der Waals surface area contributed by atoms with E-state index in [2.05, 4.69) is 4.90 Å². The molecule has 6 nitrogen and oxygen atoms in total. The van der Waals surface area contributed by atoms with Gasteiger partial charge in [0.1, 0.15) is 17.1 Å². The number of carbonyl (C=O) groups excluding carboxylic acids is 1. The van der Waals surface area contributed by atoms with Crippen molar-refractivity contribution in [3.8, 4) is 17.1 Å². The number of hydrogen-bond acceptors (Lipinski definition) is 5. The molecule has 4 aromatic rings. The summed E-state index contributed by atoms with van der Waals surface area (Å²) in [6.45, 7) is 3.69. The second-order valence-corrected chi connectivity index (χ2v) is 9.01. The smallest absolute Gasteiger partial charge is 0.260 e. The number of benzene rings is 3. The lowest BCUT2D eigenvalue weighted by molar-refractivity contribution is -0.135. The van der Waals surface area contributed by atoms with E-state index in [-0.39, 0.29) is 17.9 Å². The molecule has 0 aliphatic carbocycles. The standard InChI is InChI=1S/C28H25ClN2O4/c29-22-8-6-20(7-9-22)18-30-12-14-31(15-13-30)28(33)19-34-23-10-11-24-25(32)17-26(35-27(24)16-23)21-4-2-1-3-5-21/h1-11,16-17H,12-15,18-19H2. The molecule has 0 radical (unpaired) electrons. The number of fused-ring (bicyclic) bond motifs is 1. The third-order valence-corrected chi connectivity index (χ3v) is 6.42. The monoisotopic (exact) mass is 488 g/mol. The van der Waals surface area contributed by atoms with Gasteiger partial charge in [-0.05, 0) is 29.8 Å². The molecule has 0 bridgehead atoms. The molecule has 5 rings (SSSR count). The van der Waals surface area contributed by atoms with Crippen molar-refractivity contribution in [3.63, 3.8) is 0 Å². The molecule has 1 saturated heterocycles. The van der Waals surface area contributed by atoms with E-state index in [1.807, 2.05) is 59.5 Å². The highest BCUT2D eigenvalue weighted by Gasteiger charge is 2.21. The van der Waals surface area contributed by atoms with Crippen LogP contribution < -0.4 is 10.2 Å². The zero-order valence-electron chi connectivity index (χ0n) is 19.2. The van der Waals surface area contributed by atoms with Crippen molar-refractivity contribution < 1.29 is 13.9 Å². The van der Waals surface area contributed by atoms with Crippen LogP contribution in [0.15, 0.2) is 88.1 Å². The topological polar surface area (TPSA) is 63.0 Å². The molecule has 1 aliphatic heterocycles. The Morgan fingerprint density at radius 1 is 0.914 bits per heavy atom. The number of ether oxygens (including phenoxy) is 1. The number of rotatable bonds is 6. The average Bonchev–Trinajstić information content (AvgIpc) is 2.89. The van der Waals surface area contributed by atoms with Crippen LogP contribution in [0.5, 0.6) is 5.75 Å². The first-order valence-corrected chi connectivity index (χ1v) is 11.9. The van der Waals surface area contributed by atoms with Gasteiger partial charge >= 0.3 is 0 Å². The number of amides is 1. The van der Waals surface area contributed by atoms with Gasteiger partial charge in [0.15, 0.2) is 12.0 Å². The normalized spacial score (nSPS) is 14.3. The number of carbonyl (C=O) groups is 1. The molecule has 1 aromatic heterocycles. The lowest BCUT2D eigenvalue weighted by Crippen LogP contribution is -2.49. The Kier molecular flexibility index (Phi) is 6.84. The third-order valence-electron chi connectivity index (χ3n) is 6.17. The first-order valence-electron chi connectivity index (χ1n) is 11.6. The molecule has 1 fully saturated rings. The number of piperazine rings is 1. The number of nitrogens with zero attached hydrogens (tertiary/aromatic N) is 2. The van der Waals surface area contributed by atoms with Crippen LogP contribution in [0.1, 0.15) is 5.56 Å². The molecule has 0 unspecified atom stereocenters. The summed E-state index contributed by atoms with van der Waals surface area (Å²) in [6, 6.07) is 23.8. The first-order chi connectivity index (χ1) is 17.0. The highest BCUT2D eigenvalue weighted by molar-refractivity contribution is 6.30. The minimum absolute atomic E-state index is 0.0595. The summed E-state index contributed by atoms with van der Waals surface area (Å²) >= 11 is 5.96. The summed E-state index contributed by atoms with van der Waals surface area (Å²) in [5.74, 6) is 0.920. The molecule has 1 aliphatic rings. The minimum atomic E-state index is -0.121. The highest BCUT2D eigenvalue weighted by atomic mass is 35.5. The van der Waals surface area contributed by atoms with Gasteiger partial charge in [-0.15, -0.1) is 0 Å². The van der Waals surface area contributed by atoms with E-state index in [1.165, 1.54) is 11.6 Å². The van der Waals surface area contributed by atoms with Crippen molar-refractivity contribution >= 4 is 28.5 Å². The SMILES string of the molecule is O=C(COc1ccc2c(=O)cc(-c3ccccc3)oc2c1)N1CCN(Cc2ccc(Cl)cc2)CC1. The molecule has 0 atom stereocenters. The van der Waals surface area contributed by atoms with Crippen LogP contribution in [-0.2, 0) is 11.3 Å². The molecule has 3 aromatic carbocycles. The summed E-state index contributed by atoms with van der Waals surface area (Å²) in [5.41, 5.74) is 2.33. The molecule has 2 heterocycles. The molecular formula is C28H25ClN2O4. The molecule has 0 N–H and O–H groups in total. The van der Waals surface area contributed by atoms with E-state index in [0.717, 1.165) is 30.2 Å². The van der Waals surface area contributed by atoms with Crippen LogP contribution in [0.3, 0.4) is 0 Å². The second-order valence-electron chi connectivity index (χ2n) is 8.57. The van der Waals surface area contributed by atoms with E-state index in [1.54, 1.807) is 18.2 Å². The van der Waals surface area contributed by atoms with Crippen LogP contribution >= 0.6 is 11.6 Å². The van der Waals surface area contributed by atoms with Crippen molar-refractivity contribution in [2.45, 2.75) is 6.54 Å². The summed E-state index contributed by atoms with van der Waals surface area (Å²) in [4.78, 5) is 29.4. The van der Waals surface area contributed by atoms with Gasteiger partial charge in [-0.3, -0.25) is 14.5 Å². The Balaban J connectivity index is 1.19. The molecular weight excluding hydrogens is 464 g/mol. The second kappa shape index (κ2) is 10.3. The maximum atomic E-state index is 12.7. The lowest BCUT2D eigenvalue weighted by Gasteiger charge is -2.34. The van der Waals surface area contributed by atoms with Crippen LogP contribution in [-0.4, -0.2) is 48.5 Å². The molecule has 7 heteroatoms. The van der Waals surface area contributed by atoms with Gasteiger partial charge in [0, 0.05) is 55.4 Å². The van der Waals surface area contributed by atoms with E-state index < -0.39 is 0 Å². The van der Waals surface area contributed by atoms with Crippen molar-refractivity contribution in [1.82, 2.24) is 9.80 Å². The Bertz CT molecular complexity index is 1380. The summed E-state index contributed by atoms with van der Waals surface area (Å²) in [5, 5.41) is 1.20. The van der Waals surface area contributed by atoms with E-state index in [9.17, 15) is 9.59 Å². The third kappa shape index (κ3) is 5.56. The number of hydrogen-bond donors (Lipinski definition) is 0. The molecule has 35 heavy (non-hydrogen) atoms. The Hall–Kier alpha value is -3.61. The molecule has 0 spiro atoms. The van der Waals surface area contributed by atoms with E-state index in [0.29, 0.717) is 35.6 Å². The highest BCUT2D eigenvalue weighted by Crippen LogP contribution is 2.25. The fourth-order valence-corrected chi connectivity index (χ4v) is 4.34. The van der Waals surface area contributed by atoms with Crippen molar-refractivity contribution in [1.29, 1.82) is 0 Å². The zero-order chi connectivity index (χ0) is 24.2. The Morgan fingerprint density at radius 3 is 2.40 bits per heavy atom. The molecule has 0 saturated carbocycles. The lowest BCUT2D eigenvalue weighted by atomic mass is 10.1. The van der Waals surface area contributed by atoms with Gasteiger partial charge in [0.2, 0.25) is 0 Å².